The summed E-state index contributed by atoms with van der Waals surface area (Å²) in [6, 6.07) is 10.1. The lowest BCUT2D eigenvalue weighted by Crippen LogP contribution is -2.29. The Morgan fingerprint density at radius 1 is 1.17 bits per heavy atom. The number of hydrogen-bond acceptors (Lipinski definition) is 9. The Kier molecular flexibility index (Phi) is 6.37. The molecule has 4 rings (SSSR count). The standard InChI is InChI=1S/C23H16ClN3O7S/c1-11-20(22(31)34-2)35-23(25-11)26-17(12-5-9-15(10-6-12)27(32)33)16(19(29)21(26)30)18(28)13-3-7-14(24)8-4-13/h3-10,17,28H,1-2H3/t17-/m0/s1. The van der Waals surface area contributed by atoms with Gasteiger partial charge in [0.1, 0.15) is 10.6 Å². The van der Waals surface area contributed by atoms with Crippen molar-refractivity contribution in [1.82, 2.24) is 4.98 Å². The molecule has 178 valence electrons. The van der Waals surface area contributed by atoms with Crippen LogP contribution in [0, 0.1) is 17.0 Å². The van der Waals surface area contributed by atoms with Gasteiger partial charge >= 0.3 is 11.9 Å². The van der Waals surface area contributed by atoms with Gasteiger partial charge in [-0.2, -0.15) is 0 Å². The highest BCUT2D eigenvalue weighted by Gasteiger charge is 2.48. The van der Waals surface area contributed by atoms with Crippen molar-refractivity contribution in [3.63, 3.8) is 0 Å². The molecule has 0 saturated carbocycles. The number of carbonyl (C=O) groups excluding carboxylic acids is 3. The molecule has 2 heterocycles. The average Bonchev–Trinajstić information content (AvgIpc) is 3.35. The number of Topliss-reactive ketones (excluding diaryl/α,β-unsaturated/α-hetero) is 1. The zero-order valence-corrected chi connectivity index (χ0v) is 19.8. The number of thiazole rings is 1. The number of carbonyl (C=O) groups is 3. The number of anilines is 1. The van der Waals surface area contributed by atoms with Crippen molar-refractivity contribution in [3.8, 4) is 0 Å². The van der Waals surface area contributed by atoms with Crippen LogP contribution in [0.1, 0.15) is 32.5 Å². The van der Waals surface area contributed by atoms with Crippen molar-refractivity contribution in [3.05, 3.63) is 90.9 Å². The van der Waals surface area contributed by atoms with Crippen LogP contribution in [0.25, 0.3) is 5.76 Å². The molecule has 3 aromatic rings. The van der Waals surface area contributed by atoms with Crippen LogP contribution >= 0.6 is 22.9 Å². The largest absolute Gasteiger partial charge is 0.507 e. The number of nitro groups is 1. The van der Waals surface area contributed by atoms with Crippen LogP contribution in [0.5, 0.6) is 0 Å². The molecule has 0 spiro atoms. The Labute approximate surface area is 207 Å². The fraction of sp³-hybridized carbons (Fsp3) is 0.130. The number of aromatic nitrogens is 1. The van der Waals surface area contributed by atoms with Gasteiger partial charge in [0.25, 0.3) is 11.5 Å². The average molecular weight is 514 g/mol. The maximum atomic E-state index is 13.2. The van der Waals surface area contributed by atoms with Crippen molar-refractivity contribution in [2.24, 2.45) is 0 Å². The van der Waals surface area contributed by atoms with Crippen molar-refractivity contribution >= 4 is 57.2 Å². The van der Waals surface area contributed by atoms with E-state index in [0.717, 1.165) is 16.2 Å². The van der Waals surface area contributed by atoms with Gasteiger partial charge in [-0.15, -0.1) is 0 Å². The van der Waals surface area contributed by atoms with E-state index < -0.39 is 34.4 Å². The fourth-order valence-corrected chi connectivity index (χ4v) is 4.79. The minimum absolute atomic E-state index is 0.0310. The number of non-ortho nitro benzene ring substituents is 1. The highest BCUT2D eigenvalue weighted by atomic mass is 35.5. The van der Waals surface area contributed by atoms with E-state index in [1.807, 2.05) is 0 Å². The third-order valence-electron chi connectivity index (χ3n) is 5.34. The number of ether oxygens (including phenoxy) is 1. The van der Waals surface area contributed by atoms with Gasteiger partial charge in [0.2, 0.25) is 0 Å². The number of aryl methyl sites for hydroxylation is 1. The lowest BCUT2D eigenvalue weighted by molar-refractivity contribution is -0.384. The first-order valence-corrected chi connectivity index (χ1v) is 11.2. The molecular formula is C23H16ClN3O7S. The van der Waals surface area contributed by atoms with E-state index in [1.165, 1.54) is 55.6 Å². The molecule has 35 heavy (non-hydrogen) atoms. The summed E-state index contributed by atoms with van der Waals surface area (Å²) in [5.74, 6) is -3.06. The summed E-state index contributed by atoms with van der Waals surface area (Å²) in [6.07, 6.45) is 0. The van der Waals surface area contributed by atoms with Crippen LogP contribution in [0.3, 0.4) is 0 Å². The molecule has 0 radical (unpaired) electrons. The zero-order chi connectivity index (χ0) is 25.4. The second kappa shape index (κ2) is 9.28. The first kappa shape index (κ1) is 24.0. The fourth-order valence-electron chi connectivity index (χ4n) is 3.65. The molecule has 0 bridgehead atoms. The summed E-state index contributed by atoms with van der Waals surface area (Å²) in [4.78, 5) is 54.5. The van der Waals surface area contributed by atoms with E-state index in [-0.39, 0.29) is 26.8 Å². The van der Waals surface area contributed by atoms with Gasteiger partial charge in [0, 0.05) is 22.7 Å². The Hall–Kier alpha value is -4.09. The van der Waals surface area contributed by atoms with E-state index in [9.17, 15) is 29.6 Å². The number of nitrogens with zero attached hydrogens (tertiary/aromatic N) is 3. The van der Waals surface area contributed by atoms with E-state index in [4.69, 9.17) is 16.3 Å². The van der Waals surface area contributed by atoms with Crippen molar-refractivity contribution in [2.75, 3.05) is 12.0 Å². The molecule has 1 saturated heterocycles. The van der Waals surface area contributed by atoms with Crippen LogP contribution in [-0.2, 0) is 14.3 Å². The minimum atomic E-state index is -1.16. The quantitative estimate of drug-likeness (QED) is 0.132. The number of halogens is 1. The third kappa shape index (κ3) is 4.27. The molecule has 10 nitrogen and oxygen atoms in total. The maximum Gasteiger partial charge on any atom is 0.350 e. The van der Waals surface area contributed by atoms with Crippen molar-refractivity contribution in [1.29, 1.82) is 0 Å². The number of ketones is 1. The topological polar surface area (TPSA) is 140 Å². The molecule has 12 heteroatoms. The molecule has 0 aliphatic carbocycles. The summed E-state index contributed by atoms with van der Waals surface area (Å²) < 4.78 is 4.75. The Morgan fingerprint density at radius 3 is 2.37 bits per heavy atom. The van der Waals surface area contributed by atoms with E-state index in [0.29, 0.717) is 16.3 Å². The van der Waals surface area contributed by atoms with E-state index in [2.05, 4.69) is 4.98 Å². The number of esters is 1. The molecule has 1 fully saturated rings. The lowest BCUT2D eigenvalue weighted by atomic mass is 9.95. The molecule has 1 aliphatic rings. The summed E-state index contributed by atoms with van der Waals surface area (Å²) in [5, 5.41) is 22.6. The molecule has 1 amide bonds. The van der Waals surface area contributed by atoms with Crippen LogP contribution < -0.4 is 4.90 Å². The van der Waals surface area contributed by atoms with Gasteiger partial charge in [0.15, 0.2) is 5.13 Å². The van der Waals surface area contributed by atoms with Crippen molar-refractivity contribution < 1.29 is 29.2 Å². The number of nitro benzene ring substituents is 1. The Morgan fingerprint density at radius 2 is 1.80 bits per heavy atom. The highest BCUT2D eigenvalue weighted by molar-refractivity contribution is 7.17. The number of methoxy groups -OCH3 is 1. The van der Waals surface area contributed by atoms with Crippen molar-refractivity contribution in [2.45, 2.75) is 13.0 Å². The monoisotopic (exact) mass is 513 g/mol. The molecule has 1 aromatic heterocycles. The summed E-state index contributed by atoms with van der Waals surface area (Å²) >= 11 is 6.77. The van der Waals surface area contributed by atoms with Crippen LogP contribution in [0.4, 0.5) is 10.8 Å². The predicted octanol–water partition coefficient (Wildman–Crippen LogP) is 4.43. The van der Waals surface area contributed by atoms with Gasteiger partial charge in [-0.25, -0.2) is 9.78 Å². The van der Waals surface area contributed by atoms with Crippen LogP contribution in [0.15, 0.2) is 54.1 Å². The van der Waals surface area contributed by atoms with Gasteiger partial charge < -0.3 is 9.84 Å². The summed E-state index contributed by atoms with van der Waals surface area (Å²) in [6.45, 7) is 1.55. The first-order chi connectivity index (χ1) is 16.6. The van der Waals surface area contributed by atoms with Gasteiger partial charge in [0.05, 0.1) is 29.3 Å². The summed E-state index contributed by atoms with van der Waals surface area (Å²) in [7, 11) is 1.20. The number of amides is 1. The molecule has 0 unspecified atom stereocenters. The Bertz CT molecular complexity index is 1400. The number of aliphatic hydroxyl groups is 1. The SMILES string of the molecule is COC(=O)c1sc(N2C(=O)C(=O)C(=C(O)c3ccc(Cl)cc3)[C@@H]2c2ccc([N+](=O)[O-])cc2)nc1C. The third-order valence-corrected chi connectivity index (χ3v) is 6.73. The highest BCUT2D eigenvalue weighted by Crippen LogP contribution is 2.44. The first-order valence-electron chi connectivity index (χ1n) is 10.0. The zero-order valence-electron chi connectivity index (χ0n) is 18.2. The Balaban J connectivity index is 1.93. The number of hydrogen-bond donors (Lipinski definition) is 1. The lowest BCUT2D eigenvalue weighted by Gasteiger charge is -2.22. The second-order valence-corrected chi connectivity index (χ2v) is 8.84. The second-order valence-electron chi connectivity index (χ2n) is 7.43. The van der Waals surface area contributed by atoms with Gasteiger partial charge in [-0.1, -0.05) is 22.9 Å². The normalized spacial score (nSPS) is 17.0. The summed E-state index contributed by atoms with van der Waals surface area (Å²) in [5.41, 5.74) is 0.418. The molecule has 1 atom stereocenters. The van der Waals surface area contributed by atoms with E-state index in [1.54, 1.807) is 6.92 Å². The molecule has 1 N–H and O–H groups in total. The van der Waals surface area contributed by atoms with E-state index >= 15 is 0 Å². The van der Waals surface area contributed by atoms with Gasteiger partial charge in [-0.3, -0.25) is 24.6 Å². The number of benzene rings is 2. The number of aliphatic hydroxyl groups excluding tert-OH is 1. The number of rotatable bonds is 5. The smallest absolute Gasteiger partial charge is 0.350 e. The van der Waals surface area contributed by atoms with Crippen LogP contribution in [0.2, 0.25) is 5.02 Å². The van der Waals surface area contributed by atoms with Gasteiger partial charge in [-0.05, 0) is 48.9 Å². The van der Waals surface area contributed by atoms with Crippen LogP contribution in [-0.4, -0.2) is 39.8 Å². The maximum absolute atomic E-state index is 13.2. The predicted molar refractivity (Wildman–Crippen MR) is 128 cm³/mol. The molecule has 1 aliphatic heterocycles. The molecule has 2 aromatic carbocycles. The molecular weight excluding hydrogens is 498 g/mol. The minimum Gasteiger partial charge on any atom is -0.507 e.